The topological polar surface area (TPSA) is 46.5 Å². The summed E-state index contributed by atoms with van der Waals surface area (Å²) in [6.45, 7) is 21.2. The minimum absolute atomic E-state index is 0.0326. The van der Waals surface area contributed by atoms with Crippen molar-refractivity contribution in [1.29, 1.82) is 0 Å². The SMILES string of the molecule is C#CCOC(=O)C12CCC(C)(C)CC1C1=CCC3C4(C)CCC(O)C(C)(C)C4CCC3(C)[C@]1(C)CC2.CC. The Labute approximate surface area is 234 Å². The van der Waals surface area contributed by atoms with Gasteiger partial charge in [0.25, 0.3) is 0 Å². The van der Waals surface area contributed by atoms with Gasteiger partial charge in [0.1, 0.15) is 0 Å². The molecule has 0 amide bonds. The van der Waals surface area contributed by atoms with Gasteiger partial charge in [-0.2, -0.15) is 0 Å². The molecule has 0 aromatic heterocycles. The van der Waals surface area contributed by atoms with Gasteiger partial charge >= 0.3 is 5.97 Å². The lowest BCUT2D eigenvalue weighted by molar-refractivity contribution is -0.206. The van der Waals surface area contributed by atoms with Crippen molar-refractivity contribution in [2.45, 2.75) is 133 Å². The first kappa shape index (κ1) is 29.7. The van der Waals surface area contributed by atoms with Gasteiger partial charge in [-0.1, -0.05) is 79.9 Å². The van der Waals surface area contributed by atoms with Crippen molar-refractivity contribution in [2.75, 3.05) is 6.61 Å². The lowest BCUT2D eigenvalue weighted by atomic mass is 9.33. The van der Waals surface area contributed by atoms with Gasteiger partial charge in [0.15, 0.2) is 6.61 Å². The maximum atomic E-state index is 13.6. The predicted molar refractivity (Wildman–Crippen MR) is 156 cm³/mol. The molecule has 5 rings (SSSR count). The lowest BCUT2D eigenvalue weighted by Gasteiger charge is -2.71. The van der Waals surface area contributed by atoms with E-state index in [1.165, 1.54) is 12.8 Å². The highest BCUT2D eigenvalue weighted by Gasteiger charge is 2.69. The van der Waals surface area contributed by atoms with E-state index in [0.717, 1.165) is 51.4 Å². The van der Waals surface area contributed by atoms with Crippen molar-refractivity contribution in [3.05, 3.63) is 11.6 Å². The monoisotopic (exact) mass is 524 g/mol. The van der Waals surface area contributed by atoms with Crippen molar-refractivity contribution in [3.8, 4) is 12.3 Å². The number of carbonyl (C=O) groups excluding carboxylic acids is 1. The van der Waals surface area contributed by atoms with Crippen molar-refractivity contribution in [3.63, 3.8) is 0 Å². The summed E-state index contributed by atoms with van der Waals surface area (Å²) in [7, 11) is 0. The van der Waals surface area contributed by atoms with Gasteiger partial charge in [-0.05, 0) is 109 Å². The molecule has 0 aromatic rings. The minimum Gasteiger partial charge on any atom is -0.452 e. The number of hydrogen-bond acceptors (Lipinski definition) is 3. The van der Waals surface area contributed by atoms with E-state index in [1.54, 1.807) is 5.57 Å². The number of allylic oxidation sites excluding steroid dienone is 2. The van der Waals surface area contributed by atoms with Crippen LogP contribution in [0.2, 0.25) is 0 Å². The first-order chi connectivity index (χ1) is 17.7. The van der Waals surface area contributed by atoms with Crippen LogP contribution in [0, 0.1) is 62.6 Å². The van der Waals surface area contributed by atoms with Crippen molar-refractivity contribution < 1.29 is 14.6 Å². The third-order valence-corrected chi connectivity index (χ3v) is 13.3. The van der Waals surface area contributed by atoms with Crippen LogP contribution < -0.4 is 0 Å². The maximum Gasteiger partial charge on any atom is 0.313 e. The summed E-state index contributed by atoms with van der Waals surface area (Å²) >= 11 is 0. The molecular formula is C35H56O3. The molecule has 7 unspecified atom stereocenters. The number of terminal acetylenes is 1. The van der Waals surface area contributed by atoms with Gasteiger partial charge < -0.3 is 9.84 Å². The summed E-state index contributed by atoms with van der Waals surface area (Å²) in [6, 6.07) is 0. The smallest absolute Gasteiger partial charge is 0.313 e. The van der Waals surface area contributed by atoms with Crippen molar-refractivity contribution >= 4 is 5.97 Å². The van der Waals surface area contributed by atoms with E-state index in [4.69, 9.17) is 11.2 Å². The first-order valence-corrected chi connectivity index (χ1v) is 15.7. The number of aliphatic hydroxyl groups is 1. The van der Waals surface area contributed by atoms with E-state index >= 15 is 0 Å². The molecule has 3 nitrogen and oxygen atoms in total. The van der Waals surface area contributed by atoms with Crippen LogP contribution in [0.25, 0.3) is 0 Å². The number of hydrogen-bond donors (Lipinski definition) is 1. The summed E-state index contributed by atoms with van der Waals surface area (Å²) in [6.07, 6.45) is 18.4. The fraction of sp³-hybridized carbons (Fsp3) is 0.857. The Morgan fingerprint density at radius 2 is 1.63 bits per heavy atom. The van der Waals surface area contributed by atoms with Gasteiger partial charge in [0.05, 0.1) is 11.5 Å². The second-order valence-electron chi connectivity index (χ2n) is 15.5. The van der Waals surface area contributed by atoms with Crippen LogP contribution >= 0.6 is 0 Å². The zero-order chi connectivity index (χ0) is 28.4. The summed E-state index contributed by atoms with van der Waals surface area (Å²) < 4.78 is 5.70. The molecule has 8 atom stereocenters. The average Bonchev–Trinajstić information content (AvgIpc) is 2.86. The average molecular weight is 525 g/mol. The van der Waals surface area contributed by atoms with Crippen molar-refractivity contribution in [2.24, 2.45) is 50.2 Å². The van der Waals surface area contributed by atoms with Gasteiger partial charge in [-0.25, -0.2) is 0 Å². The van der Waals surface area contributed by atoms with E-state index in [0.29, 0.717) is 11.8 Å². The molecule has 0 aromatic carbocycles. The van der Waals surface area contributed by atoms with Crippen LogP contribution in [0.3, 0.4) is 0 Å². The van der Waals surface area contributed by atoms with E-state index in [9.17, 15) is 9.90 Å². The molecule has 214 valence electrons. The third kappa shape index (κ3) is 3.97. The van der Waals surface area contributed by atoms with Crippen LogP contribution in [-0.2, 0) is 9.53 Å². The quantitative estimate of drug-likeness (QED) is 0.224. The highest BCUT2D eigenvalue weighted by Crippen LogP contribution is 2.75. The molecule has 0 heterocycles. The summed E-state index contributed by atoms with van der Waals surface area (Å²) in [4.78, 5) is 13.6. The zero-order valence-electron chi connectivity index (χ0n) is 26.0. The molecule has 4 fully saturated rings. The Bertz CT molecular complexity index is 999. The normalized spacial score (nSPS) is 46.3. The Kier molecular flexibility index (Phi) is 7.57. The third-order valence-electron chi connectivity index (χ3n) is 13.3. The molecule has 0 saturated heterocycles. The Morgan fingerprint density at radius 3 is 2.29 bits per heavy atom. The number of esters is 1. The molecular weight excluding hydrogens is 468 g/mol. The predicted octanol–water partition coefficient (Wildman–Crippen LogP) is 8.35. The molecule has 5 aliphatic rings. The molecule has 38 heavy (non-hydrogen) atoms. The highest BCUT2D eigenvalue weighted by atomic mass is 16.5. The second-order valence-corrected chi connectivity index (χ2v) is 15.5. The van der Waals surface area contributed by atoms with E-state index in [1.807, 2.05) is 13.8 Å². The largest absolute Gasteiger partial charge is 0.452 e. The fourth-order valence-corrected chi connectivity index (χ4v) is 10.9. The molecule has 1 N–H and O–H groups in total. The van der Waals surface area contributed by atoms with Crippen LogP contribution in [0.4, 0.5) is 0 Å². The summed E-state index contributed by atoms with van der Waals surface area (Å²) in [5, 5.41) is 10.9. The number of carbonyl (C=O) groups is 1. The van der Waals surface area contributed by atoms with Gasteiger partial charge in [-0.3, -0.25) is 4.79 Å². The molecule has 4 saturated carbocycles. The number of ether oxygens (including phenoxy) is 1. The van der Waals surface area contributed by atoms with Crippen LogP contribution in [0.1, 0.15) is 127 Å². The number of aliphatic hydroxyl groups excluding tert-OH is 1. The van der Waals surface area contributed by atoms with E-state index < -0.39 is 5.41 Å². The van der Waals surface area contributed by atoms with Crippen molar-refractivity contribution in [1.82, 2.24) is 0 Å². The maximum absolute atomic E-state index is 13.6. The first-order valence-electron chi connectivity index (χ1n) is 15.7. The van der Waals surface area contributed by atoms with Crippen LogP contribution in [-0.4, -0.2) is 23.8 Å². The molecule has 3 heteroatoms. The Morgan fingerprint density at radius 1 is 0.974 bits per heavy atom. The summed E-state index contributed by atoms with van der Waals surface area (Å²) in [5.41, 5.74) is 1.89. The highest BCUT2D eigenvalue weighted by molar-refractivity contribution is 5.79. The molecule has 0 bridgehead atoms. The second kappa shape index (κ2) is 9.68. The fourth-order valence-electron chi connectivity index (χ4n) is 10.9. The Hall–Kier alpha value is -1.27. The van der Waals surface area contributed by atoms with Gasteiger partial charge in [0, 0.05) is 0 Å². The van der Waals surface area contributed by atoms with E-state index in [-0.39, 0.29) is 51.7 Å². The summed E-state index contributed by atoms with van der Waals surface area (Å²) in [5.74, 6) is 3.89. The van der Waals surface area contributed by atoms with Gasteiger partial charge in [-0.15, -0.1) is 6.42 Å². The van der Waals surface area contributed by atoms with Gasteiger partial charge in [0.2, 0.25) is 0 Å². The molecule has 0 spiro atoms. The Balaban J connectivity index is 0.00000164. The number of rotatable bonds is 2. The molecule has 0 radical (unpaired) electrons. The van der Waals surface area contributed by atoms with Crippen LogP contribution in [0.15, 0.2) is 11.6 Å². The lowest BCUT2D eigenvalue weighted by Crippen LogP contribution is -2.65. The number of fused-ring (bicyclic) bond motifs is 7. The minimum atomic E-state index is -0.418. The molecule has 5 aliphatic carbocycles. The zero-order valence-corrected chi connectivity index (χ0v) is 26.0. The van der Waals surface area contributed by atoms with E-state index in [2.05, 4.69) is 60.5 Å². The molecule has 0 aliphatic heterocycles. The standard InChI is InChI=1S/C33H50O3.C2H6/c1-9-20-36-27(35)33-18-16-28(2,3)21-23(33)22-10-11-25-30(6)14-13-26(34)29(4,5)24(30)12-15-32(25,8)31(22,7)17-19-33;1-2/h1,10,23-26,34H,11-21H2,2-8H3;1-2H3/t23?,24?,25?,26?,30?,31-,32?,33?;/m1./s1. The van der Waals surface area contributed by atoms with Crippen LogP contribution in [0.5, 0.6) is 0 Å².